The van der Waals surface area contributed by atoms with Gasteiger partial charge in [0, 0.05) is 22.1 Å². The summed E-state index contributed by atoms with van der Waals surface area (Å²) in [6, 6.07) is 5.87. The number of benzene rings is 1. The standard InChI is InChI=1S/C18H20N2O2S/c1-11-8-12(6-7-14(11)22-5)16-13(9-21)20-15(18(2,3)4)10-23-17(20)19-16/h6-10H,1-5H3. The average Bonchev–Trinajstić information content (AvgIpc) is 3.04. The monoisotopic (exact) mass is 328 g/mol. The van der Waals surface area contributed by atoms with Crippen molar-refractivity contribution in [1.82, 2.24) is 9.38 Å². The van der Waals surface area contributed by atoms with Crippen LogP contribution in [0.4, 0.5) is 0 Å². The van der Waals surface area contributed by atoms with Gasteiger partial charge in [0.1, 0.15) is 17.1 Å². The second-order valence-electron chi connectivity index (χ2n) is 6.64. The zero-order valence-corrected chi connectivity index (χ0v) is 14.8. The largest absolute Gasteiger partial charge is 0.496 e. The highest BCUT2D eigenvalue weighted by molar-refractivity contribution is 7.15. The van der Waals surface area contributed by atoms with E-state index in [4.69, 9.17) is 9.72 Å². The van der Waals surface area contributed by atoms with Gasteiger partial charge in [0.05, 0.1) is 7.11 Å². The minimum Gasteiger partial charge on any atom is -0.496 e. The number of fused-ring (bicyclic) bond motifs is 1. The van der Waals surface area contributed by atoms with Crippen molar-refractivity contribution in [1.29, 1.82) is 0 Å². The molecule has 0 saturated carbocycles. The van der Waals surface area contributed by atoms with Crippen LogP contribution in [0.1, 0.15) is 42.5 Å². The van der Waals surface area contributed by atoms with Crippen molar-refractivity contribution in [2.45, 2.75) is 33.1 Å². The Balaban J connectivity index is 2.25. The fourth-order valence-electron chi connectivity index (χ4n) is 2.74. The van der Waals surface area contributed by atoms with Crippen LogP contribution in [0.3, 0.4) is 0 Å². The SMILES string of the molecule is COc1ccc(-c2nc3scc(C(C)(C)C)n3c2C=O)cc1C. The highest BCUT2D eigenvalue weighted by Crippen LogP contribution is 2.34. The zero-order valence-electron chi connectivity index (χ0n) is 14.0. The number of carbonyl (C=O) groups is 1. The third-order valence-electron chi connectivity index (χ3n) is 3.95. The molecule has 0 radical (unpaired) electrons. The van der Waals surface area contributed by atoms with Gasteiger partial charge >= 0.3 is 0 Å². The Bertz CT molecular complexity index is 884. The highest BCUT2D eigenvalue weighted by atomic mass is 32.1. The first-order valence-corrected chi connectivity index (χ1v) is 8.35. The number of rotatable bonds is 3. The Hall–Kier alpha value is -2.14. The number of imidazole rings is 1. The van der Waals surface area contributed by atoms with E-state index in [0.29, 0.717) is 5.69 Å². The Morgan fingerprint density at radius 1 is 1.30 bits per heavy atom. The summed E-state index contributed by atoms with van der Waals surface area (Å²) in [5, 5.41) is 2.08. The van der Waals surface area contributed by atoms with Gasteiger partial charge in [-0.25, -0.2) is 4.98 Å². The van der Waals surface area contributed by atoms with Crippen molar-refractivity contribution < 1.29 is 9.53 Å². The molecule has 120 valence electrons. The van der Waals surface area contributed by atoms with Crippen LogP contribution in [0.25, 0.3) is 16.2 Å². The Morgan fingerprint density at radius 3 is 2.61 bits per heavy atom. The number of thiazole rings is 1. The first-order valence-electron chi connectivity index (χ1n) is 7.47. The number of aromatic nitrogens is 2. The maximum absolute atomic E-state index is 11.8. The molecule has 0 N–H and O–H groups in total. The summed E-state index contributed by atoms with van der Waals surface area (Å²) in [6.07, 6.45) is 0.900. The number of hydrogen-bond acceptors (Lipinski definition) is 4. The molecular formula is C18H20N2O2S. The lowest BCUT2D eigenvalue weighted by molar-refractivity contribution is 0.111. The first kappa shape index (κ1) is 15.7. The molecule has 0 unspecified atom stereocenters. The fourth-order valence-corrected chi connectivity index (χ4v) is 3.87. The molecular weight excluding hydrogens is 308 g/mol. The third kappa shape index (κ3) is 2.55. The lowest BCUT2D eigenvalue weighted by Gasteiger charge is -2.17. The average molecular weight is 328 g/mol. The predicted molar refractivity (Wildman–Crippen MR) is 93.9 cm³/mol. The van der Waals surface area contributed by atoms with E-state index in [9.17, 15) is 4.79 Å². The minimum absolute atomic E-state index is 0.0518. The minimum atomic E-state index is -0.0518. The topological polar surface area (TPSA) is 43.6 Å². The van der Waals surface area contributed by atoms with Gasteiger partial charge in [-0.2, -0.15) is 0 Å². The lowest BCUT2D eigenvalue weighted by Crippen LogP contribution is -2.15. The fraction of sp³-hybridized carbons (Fsp3) is 0.333. The molecule has 2 aromatic heterocycles. The number of aryl methyl sites for hydroxylation is 1. The van der Waals surface area contributed by atoms with E-state index in [-0.39, 0.29) is 5.41 Å². The second-order valence-corrected chi connectivity index (χ2v) is 7.47. The van der Waals surface area contributed by atoms with Crippen LogP contribution >= 0.6 is 11.3 Å². The molecule has 2 heterocycles. The summed E-state index contributed by atoms with van der Waals surface area (Å²) in [7, 11) is 1.65. The molecule has 1 aromatic carbocycles. The number of hydrogen-bond donors (Lipinski definition) is 0. The zero-order chi connectivity index (χ0) is 16.8. The molecule has 0 atom stereocenters. The van der Waals surface area contributed by atoms with Crippen LogP contribution in [0.15, 0.2) is 23.6 Å². The Kier molecular flexibility index (Phi) is 3.76. The van der Waals surface area contributed by atoms with Gasteiger partial charge in [-0.1, -0.05) is 20.8 Å². The number of aldehydes is 1. The second kappa shape index (κ2) is 5.49. The Morgan fingerprint density at radius 2 is 2.04 bits per heavy atom. The van der Waals surface area contributed by atoms with Gasteiger partial charge < -0.3 is 4.74 Å². The van der Waals surface area contributed by atoms with Gasteiger partial charge in [0.15, 0.2) is 11.2 Å². The molecule has 3 rings (SSSR count). The van der Waals surface area contributed by atoms with Crippen molar-refractivity contribution in [3.8, 4) is 17.0 Å². The first-order chi connectivity index (χ1) is 10.9. The van der Waals surface area contributed by atoms with Crippen molar-refractivity contribution in [3.05, 3.63) is 40.5 Å². The summed E-state index contributed by atoms with van der Waals surface area (Å²) in [5.41, 5.74) is 4.34. The summed E-state index contributed by atoms with van der Waals surface area (Å²) in [5.74, 6) is 0.831. The number of nitrogens with zero attached hydrogens (tertiary/aromatic N) is 2. The molecule has 0 aliphatic heterocycles. The van der Waals surface area contributed by atoms with Crippen molar-refractivity contribution in [2.75, 3.05) is 7.11 Å². The van der Waals surface area contributed by atoms with Gasteiger partial charge in [-0.3, -0.25) is 9.20 Å². The lowest BCUT2D eigenvalue weighted by atomic mass is 9.93. The molecule has 0 spiro atoms. The summed E-state index contributed by atoms with van der Waals surface area (Å²) in [4.78, 5) is 17.3. The third-order valence-corrected chi connectivity index (χ3v) is 4.77. The van der Waals surface area contributed by atoms with Crippen molar-refractivity contribution in [2.24, 2.45) is 0 Å². The van der Waals surface area contributed by atoms with Crippen LogP contribution in [-0.4, -0.2) is 22.8 Å². The van der Waals surface area contributed by atoms with E-state index >= 15 is 0 Å². The van der Waals surface area contributed by atoms with Crippen LogP contribution < -0.4 is 4.74 Å². The molecule has 0 aliphatic carbocycles. The smallest absolute Gasteiger partial charge is 0.195 e. The summed E-state index contributed by atoms with van der Waals surface area (Å²) in [6.45, 7) is 8.41. The number of carbonyl (C=O) groups excluding carboxylic acids is 1. The molecule has 0 aliphatic rings. The van der Waals surface area contributed by atoms with E-state index in [1.165, 1.54) is 0 Å². The van der Waals surface area contributed by atoms with Crippen LogP contribution in [-0.2, 0) is 5.41 Å². The molecule has 0 amide bonds. The highest BCUT2D eigenvalue weighted by Gasteiger charge is 2.24. The maximum Gasteiger partial charge on any atom is 0.195 e. The van der Waals surface area contributed by atoms with E-state index < -0.39 is 0 Å². The number of methoxy groups -OCH3 is 1. The normalized spacial score (nSPS) is 11.9. The van der Waals surface area contributed by atoms with E-state index in [1.54, 1.807) is 18.4 Å². The van der Waals surface area contributed by atoms with Crippen molar-refractivity contribution >= 4 is 22.6 Å². The van der Waals surface area contributed by atoms with E-state index in [2.05, 4.69) is 26.2 Å². The number of ether oxygens (including phenoxy) is 1. The summed E-state index contributed by atoms with van der Waals surface area (Å²) >= 11 is 1.57. The van der Waals surface area contributed by atoms with E-state index in [0.717, 1.165) is 39.5 Å². The van der Waals surface area contributed by atoms with Gasteiger partial charge in [0.2, 0.25) is 0 Å². The van der Waals surface area contributed by atoms with E-state index in [1.807, 2.05) is 29.5 Å². The van der Waals surface area contributed by atoms with Gasteiger partial charge in [-0.05, 0) is 30.7 Å². The molecule has 3 aromatic rings. The van der Waals surface area contributed by atoms with Crippen LogP contribution in [0, 0.1) is 6.92 Å². The van der Waals surface area contributed by atoms with Crippen molar-refractivity contribution in [3.63, 3.8) is 0 Å². The molecule has 4 nitrogen and oxygen atoms in total. The molecule has 23 heavy (non-hydrogen) atoms. The molecule has 0 bridgehead atoms. The van der Waals surface area contributed by atoms with Gasteiger partial charge in [-0.15, -0.1) is 11.3 Å². The predicted octanol–water partition coefficient (Wildman–Crippen LogP) is 4.49. The molecule has 0 saturated heterocycles. The Labute approximate surface area is 139 Å². The maximum atomic E-state index is 11.8. The summed E-state index contributed by atoms with van der Waals surface area (Å²) < 4.78 is 7.29. The van der Waals surface area contributed by atoms with Crippen LogP contribution in [0.2, 0.25) is 0 Å². The molecule has 0 fully saturated rings. The quantitative estimate of drug-likeness (QED) is 0.665. The van der Waals surface area contributed by atoms with Gasteiger partial charge in [0.25, 0.3) is 0 Å². The van der Waals surface area contributed by atoms with Crippen LogP contribution in [0.5, 0.6) is 5.75 Å². The molecule has 5 heteroatoms.